The molecule has 6 heteroatoms. The molecule has 0 fully saturated rings. The first-order valence-electron chi connectivity index (χ1n) is 9.30. The lowest BCUT2D eigenvalue weighted by Crippen LogP contribution is -2.24. The summed E-state index contributed by atoms with van der Waals surface area (Å²) in [7, 11) is 1.43. The Kier molecular flexibility index (Phi) is 6.60. The third-order valence-corrected chi connectivity index (χ3v) is 4.52. The van der Waals surface area contributed by atoms with Gasteiger partial charge in [0.15, 0.2) is 0 Å². The third-order valence-electron chi connectivity index (χ3n) is 4.52. The molecular formula is C24H22FN3O2. The van der Waals surface area contributed by atoms with E-state index in [2.05, 4.69) is 5.32 Å². The van der Waals surface area contributed by atoms with Crippen molar-refractivity contribution in [1.82, 2.24) is 5.32 Å². The van der Waals surface area contributed by atoms with Crippen molar-refractivity contribution < 1.29 is 13.9 Å². The van der Waals surface area contributed by atoms with Gasteiger partial charge < -0.3 is 21.2 Å². The Labute approximate surface area is 174 Å². The van der Waals surface area contributed by atoms with Gasteiger partial charge in [-0.2, -0.15) is 0 Å². The molecule has 0 aliphatic rings. The maximum atomic E-state index is 13.1. The Morgan fingerprint density at radius 2 is 1.80 bits per heavy atom. The average molecular weight is 403 g/mol. The van der Waals surface area contributed by atoms with E-state index < -0.39 is 0 Å². The maximum absolute atomic E-state index is 13.1. The summed E-state index contributed by atoms with van der Waals surface area (Å²) in [4.78, 5) is 12.7. The Morgan fingerprint density at radius 3 is 2.47 bits per heavy atom. The highest BCUT2D eigenvalue weighted by atomic mass is 19.1. The van der Waals surface area contributed by atoms with Crippen LogP contribution in [-0.4, -0.2) is 18.7 Å². The van der Waals surface area contributed by atoms with Crippen LogP contribution in [0, 0.1) is 11.2 Å². The second kappa shape index (κ2) is 9.52. The van der Waals surface area contributed by atoms with E-state index >= 15 is 0 Å². The number of halogens is 1. The van der Waals surface area contributed by atoms with E-state index in [-0.39, 0.29) is 28.7 Å². The Balaban J connectivity index is 1.84. The minimum absolute atomic E-state index is 0.0754. The number of benzene rings is 3. The number of carbonyl (C=O) groups excluding carboxylic acids is 1. The van der Waals surface area contributed by atoms with E-state index in [0.717, 1.165) is 11.1 Å². The summed E-state index contributed by atoms with van der Waals surface area (Å²) < 4.78 is 18.5. The molecule has 0 radical (unpaired) electrons. The fourth-order valence-corrected chi connectivity index (χ4v) is 2.98. The Hall–Kier alpha value is -3.93. The summed E-state index contributed by atoms with van der Waals surface area (Å²) in [5.74, 6) is -0.427. The Bertz CT molecular complexity index is 1080. The van der Waals surface area contributed by atoms with Crippen molar-refractivity contribution in [3.63, 3.8) is 0 Å². The van der Waals surface area contributed by atoms with Gasteiger partial charge >= 0.3 is 0 Å². The summed E-state index contributed by atoms with van der Waals surface area (Å²) in [6.45, 7) is 0.366. The van der Waals surface area contributed by atoms with Gasteiger partial charge in [0.25, 0.3) is 5.91 Å². The van der Waals surface area contributed by atoms with Crippen LogP contribution in [-0.2, 0) is 6.54 Å². The molecule has 0 bridgehead atoms. The normalized spacial score (nSPS) is 10.7. The largest absolute Gasteiger partial charge is 0.495 e. The summed E-state index contributed by atoms with van der Waals surface area (Å²) in [6, 6.07) is 18.6. The zero-order valence-electron chi connectivity index (χ0n) is 16.5. The van der Waals surface area contributed by atoms with E-state index in [1.54, 1.807) is 30.3 Å². The second-order valence-corrected chi connectivity index (χ2v) is 6.58. The molecule has 0 atom stereocenters. The zero-order valence-corrected chi connectivity index (χ0v) is 16.5. The first-order valence-corrected chi connectivity index (χ1v) is 9.30. The molecule has 1 amide bonds. The first-order chi connectivity index (χ1) is 14.5. The molecule has 3 aromatic carbocycles. The minimum Gasteiger partial charge on any atom is -0.495 e. The zero-order chi connectivity index (χ0) is 21.5. The van der Waals surface area contributed by atoms with E-state index in [4.69, 9.17) is 15.9 Å². The van der Waals surface area contributed by atoms with Crippen LogP contribution in [0.5, 0.6) is 5.75 Å². The maximum Gasteiger partial charge on any atom is 0.255 e. The summed E-state index contributed by atoms with van der Waals surface area (Å²) >= 11 is 0. The second-order valence-electron chi connectivity index (χ2n) is 6.58. The molecule has 0 aromatic heterocycles. The van der Waals surface area contributed by atoms with E-state index in [0.29, 0.717) is 17.8 Å². The molecule has 0 unspecified atom stereocenters. The summed E-state index contributed by atoms with van der Waals surface area (Å²) in [5.41, 5.74) is 8.79. The molecule has 152 valence electrons. The molecule has 5 nitrogen and oxygen atoms in total. The Morgan fingerprint density at radius 1 is 1.10 bits per heavy atom. The van der Waals surface area contributed by atoms with Gasteiger partial charge in [-0.25, -0.2) is 4.39 Å². The minimum atomic E-state index is -0.331. The van der Waals surface area contributed by atoms with Gasteiger partial charge in [-0.1, -0.05) is 48.5 Å². The van der Waals surface area contributed by atoms with Crippen LogP contribution in [0.2, 0.25) is 0 Å². The highest BCUT2D eigenvalue weighted by Crippen LogP contribution is 2.30. The fraction of sp³-hybridized carbons (Fsp3) is 0.0833. The SMILES string of the molecule is COc1c(C(=O)NCc2ccccc2)ccc(N)c1C(=N)/C=C/c1ccc(F)cc1. The molecule has 4 N–H and O–H groups in total. The topological polar surface area (TPSA) is 88.2 Å². The van der Waals surface area contributed by atoms with Crippen LogP contribution in [0.3, 0.4) is 0 Å². The van der Waals surface area contributed by atoms with Gasteiger partial charge in [-0.3, -0.25) is 4.79 Å². The van der Waals surface area contributed by atoms with Crippen molar-refractivity contribution in [1.29, 1.82) is 5.41 Å². The predicted octanol–water partition coefficient (Wildman–Crippen LogP) is 4.43. The lowest BCUT2D eigenvalue weighted by molar-refractivity contribution is 0.0948. The van der Waals surface area contributed by atoms with Crippen LogP contribution in [0.1, 0.15) is 27.0 Å². The number of carbonyl (C=O) groups is 1. The number of methoxy groups -OCH3 is 1. The number of hydrogen-bond donors (Lipinski definition) is 3. The number of hydrogen-bond acceptors (Lipinski definition) is 4. The third kappa shape index (κ3) is 4.91. The molecule has 30 heavy (non-hydrogen) atoms. The first kappa shape index (κ1) is 20.8. The highest BCUT2D eigenvalue weighted by molar-refractivity contribution is 6.15. The van der Waals surface area contributed by atoms with Crippen molar-refractivity contribution in [2.75, 3.05) is 12.8 Å². The molecule has 0 aliphatic heterocycles. The van der Waals surface area contributed by atoms with E-state index in [1.807, 2.05) is 30.3 Å². The molecule has 3 rings (SSSR count). The monoisotopic (exact) mass is 403 g/mol. The quantitative estimate of drug-likeness (QED) is 0.403. The van der Waals surface area contributed by atoms with E-state index in [1.165, 1.54) is 25.3 Å². The number of nitrogens with two attached hydrogens (primary N) is 1. The van der Waals surface area contributed by atoms with Crippen molar-refractivity contribution >= 4 is 23.4 Å². The molecule has 0 aliphatic carbocycles. The van der Waals surface area contributed by atoms with Crippen molar-refractivity contribution in [3.8, 4) is 5.75 Å². The predicted molar refractivity (Wildman–Crippen MR) is 117 cm³/mol. The molecular weight excluding hydrogens is 381 g/mol. The van der Waals surface area contributed by atoms with Gasteiger partial charge in [0.2, 0.25) is 0 Å². The van der Waals surface area contributed by atoms with Crippen LogP contribution >= 0.6 is 0 Å². The smallest absolute Gasteiger partial charge is 0.255 e. The van der Waals surface area contributed by atoms with E-state index in [9.17, 15) is 9.18 Å². The van der Waals surface area contributed by atoms with Gasteiger partial charge in [0.1, 0.15) is 11.6 Å². The lowest BCUT2D eigenvalue weighted by atomic mass is 10.0. The van der Waals surface area contributed by atoms with Crippen LogP contribution < -0.4 is 15.8 Å². The van der Waals surface area contributed by atoms with Crippen LogP contribution in [0.15, 0.2) is 72.8 Å². The summed E-state index contributed by atoms with van der Waals surface area (Å²) in [6.07, 6.45) is 3.20. The fourth-order valence-electron chi connectivity index (χ4n) is 2.98. The number of rotatable bonds is 7. The van der Waals surface area contributed by atoms with Gasteiger partial charge in [0.05, 0.1) is 23.9 Å². The molecule has 3 aromatic rings. The van der Waals surface area contributed by atoms with Crippen molar-refractivity contribution in [3.05, 3.63) is 101 Å². The molecule has 0 saturated carbocycles. The number of nitrogens with one attached hydrogen (secondary N) is 2. The summed E-state index contributed by atoms with van der Waals surface area (Å²) in [5, 5.41) is 11.3. The number of amides is 1. The number of anilines is 1. The molecule has 0 heterocycles. The van der Waals surface area contributed by atoms with Crippen LogP contribution in [0.25, 0.3) is 6.08 Å². The van der Waals surface area contributed by atoms with Crippen molar-refractivity contribution in [2.45, 2.75) is 6.54 Å². The van der Waals surface area contributed by atoms with Gasteiger partial charge in [-0.15, -0.1) is 0 Å². The molecule has 0 spiro atoms. The van der Waals surface area contributed by atoms with Crippen molar-refractivity contribution in [2.24, 2.45) is 0 Å². The van der Waals surface area contributed by atoms with Gasteiger partial charge in [-0.05, 0) is 41.5 Å². The number of allylic oxidation sites excluding steroid dienone is 1. The lowest BCUT2D eigenvalue weighted by Gasteiger charge is -2.15. The highest BCUT2D eigenvalue weighted by Gasteiger charge is 2.20. The number of nitrogen functional groups attached to an aromatic ring is 1. The van der Waals surface area contributed by atoms with Crippen LogP contribution in [0.4, 0.5) is 10.1 Å². The average Bonchev–Trinajstić information content (AvgIpc) is 2.77. The number of ether oxygens (including phenoxy) is 1. The van der Waals surface area contributed by atoms with Gasteiger partial charge in [0, 0.05) is 12.2 Å². The standard InChI is InChI=1S/C24H22FN3O2/c1-30-23-19(24(29)28-15-17-5-3-2-4-6-17)12-14-21(27)22(23)20(26)13-9-16-7-10-18(25)11-8-16/h2-14,26H,15,27H2,1H3,(H,28,29)/b13-9+,26-20?. The molecule has 0 saturated heterocycles.